The molecule has 0 amide bonds. The van der Waals surface area contributed by atoms with Crippen LogP contribution >= 0.6 is 0 Å². The van der Waals surface area contributed by atoms with Gasteiger partial charge in [0.25, 0.3) is 0 Å². The molecule has 1 aromatic rings. The fourth-order valence-corrected chi connectivity index (χ4v) is 3.03. The summed E-state index contributed by atoms with van der Waals surface area (Å²) in [7, 11) is -3.30. The summed E-state index contributed by atoms with van der Waals surface area (Å²) in [5, 5.41) is 3.24. The SMILES string of the molecule is CCCNC(C)CCS(=O)(=O)c1ccc(F)cc1. The normalized spacial score (nSPS) is 13.5. The molecular weight excluding hydrogens is 253 g/mol. The summed E-state index contributed by atoms with van der Waals surface area (Å²) in [6.07, 6.45) is 1.58. The molecule has 18 heavy (non-hydrogen) atoms. The van der Waals surface area contributed by atoms with E-state index in [1.807, 2.05) is 6.92 Å². The van der Waals surface area contributed by atoms with Crippen molar-refractivity contribution in [2.45, 2.75) is 37.6 Å². The maximum absolute atomic E-state index is 12.7. The van der Waals surface area contributed by atoms with Gasteiger partial charge in [0.15, 0.2) is 9.84 Å². The second kappa shape index (κ2) is 6.85. The quantitative estimate of drug-likeness (QED) is 0.776. The largest absolute Gasteiger partial charge is 0.314 e. The second-order valence-electron chi connectivity index (χ2n) is 4.42. The van der Waals surface area contributed by atoms with Gasteiger partial charge in [0.05, 0.1) is 10.6 Å². The lowest BCUT2D eigenvalue weighted by molar-refractivity contribution is 0.525. The Morgan fingerprint density at radius 1 is 1.28 bits per heavy atom. The lowest BCUT2D eigenvalue weighted by atomic mass is 10.2. The molecule has 0 aliphatic heterocycles. The minimum absolute atomic E-state index is 0.0799. The summed E-state index contributed by atoms with van der Waals surface area (Å²) in [6, 6.07) is 5.14. The van der Waals surface area contributed by atoms with Gasteiger partial charge >= 0.3 is 0 Å². The number of halogens is 1. The molecule has 1 rings (SSSR count). The summed E-state index contributed by atoms with van der Waals surface area (Å²) >= 11 is 0. The van der Waals surface area contributed by atoms with Gasteiger partial charge in [-0.2, -0.15) is 0 Å². The van der Waals surface area contributed by atoms with E-state index in [1.54, 1.807) is 0 Å². The average molecular weight is 273 g/mol. The minimum atomic E-state index is -3.30. The van der Waals surface area contributed by atoms with Crippen molar-refractivity contribution in [3.05, 3.63) is 30.1 Å². The Balaban J connectivity index is 2.57. The van der Waals surface area contributed by atoms with E-state index in [0.29, 0.717) is 6.42 Å². The van der Waals surface area contributed by atoms with Gasteiger partial charge in [-0.15, -0.1) is 0 Å². The van der Waals surface area contributed by atoms with E-state index in [-0.39, 0.29) is 16.7 Å². The zero-order valence-electron chi connectivity index (χ0n) is 10.8. The molecule has 5 heteroatoms. The zero-order valence-corrected chi connectivity index (χ0v) is 11.6. The van der Waals surface area contributed by atoms with Crippen LogP contribution in [0, 0.1) is 5.82 Å². The van der Waals surface area contributed by atoms with E-state index < -0.39 is 15.7 Å². The van der Waals surface area contributed by atoms with Gasteiger partial charge in [-0.3, -0.25) is 0 Å². The smallest absolute Gasteiger partial charge is 0.178 e. The minimum Gasteiger partial charge on any atom is -0.314 e. The van der Waals surface area contributed by atoms with Crippen LogP contribution in [0.4, 0.5) is 4.39 Å². The summed E-state index contributed by atoms with van der Waals surface area (Å²) in [4.78, 5) is 0.187. The van der Waals surface area contributed by atoms with Crippen LogP contribution in [0.2, 0.25) is 0 Å². The third-order valence-electron chi connectivity index (χ3n) is 2.74. The first-order valence-electron chi connectivity index (χ1n) is 6.17. The number of sulfone groups is 1. The summed E-state index contributed by atoms with van der Waals surface area (Å²) in [5.41, 5.74) is 0. The van der Waals surface area contributed by atoms with Crippen molar-refractivity contribution in [3.63, 3.8) is 0 Å². The molecule has 1 atom stereocenters. The average Bonchev–Trinajstić information content (AvgIpc) is 2.34. The Hall–Kier alpha value is -0.940. The van der Waals surface area contributed by atoms with E-state index in [4.69, 9.17) is 0 Å². The molecule has 0 bridgehead atoms. The van der Waals surface area contributed by atoms with Gasteiger partial charge in [-0.25, -0.2) is 12.8 Å². The molecule has 0 aliphatic carbocycles. The molecule has 0 heterocycles. The third-order valence-corrected chi connectivity index (χ3v) is 4.50. The van der Waals surface area contributed by atoms with Gasteiger partial charge < -0.3 is 5.32 Å². The van der Waals surface area contributed by atoms with Gasteiger partial charge in [0.1, 0.15) is 5.82 Å². The first kappa shape index (κ1) is 15.1. The Morgan fingerprint density at radius 3 is 2.44 bits per heavy atom. The fraction of sp³-hybridized carbons (Fsp3) is 0.538. The molecule has 102 valence electrons. The van der Waals surface area contributed by atoms with Crippen molar-refractivity contribution >= 4 is 9.84 Å². The molecule has 1 unspecified atom stereocenters. The Bertz CT molecular complexity index is 456. The molecule has 0 spiro atoms. The first-order valence-corrected chi connectivity index (χ1v) is 7.82. The molecule has 0 saturated carbocycles. The molecule has 0 aliphatic rings. The maximum Gasteiger partial charge on any atom is 0.178 e. The molecule has 1 aromatic carbocycles. The van der Waals surface area contributed by atoms with Crippen LogP contribution in [-0.2, 0) is 9.84 Å². The lowest BCUT2D eigenvalue weighted by Gasteiger charge is -2.13. The highest BCUT2D eigenvalue weighted by molar-refractivity contribution is 7.91. The third kappa shape index (κ3) is 4.74. The molecule has 0 aromatic heterocycles. The highest BCUT2D eigenvalue weighted by Crippen LogP contribution is 2.13. The maximum atomic E-state index is 12.7. The Morgan fingerprint density at radius 2 is 1.89 bits per heavy atom. The second-order valence-corrected chi connectivity index (χ2v) is 6.53. The van der Waals surface area contributed by atoms with E-state index in [0.717, 1.165) is 13.0 Å². The number of rotatable bonds is 7. The van der Waals surface area contributed by atoms with Gasteiger partial charge in [-0.1, -0.05) is 6.92 Å². The molecule has 1 N–H and O–H groups in total. The standard InChI is InChI=1S/C13H20FNO2S/c1-3-9-15-11(2)8-10-18(16,17)13-6-4-12(14)5-7-13/h4-7,11,15H,3,8-10H2,1-2H3. The van der Waals surface area contributed by atoms with E-state index >= 15 is 0 Å². The van der Waals surface area contributed by atoms with E-state index in [9.17, 15) is 12.8 Å². The molecule has 0 fully saturated rings. The van der Waals surface area contributed by atoms with E-state index in [1.165, 1.54) is 24.3 Å². The van der Waals surface area contributed by atoms with Gasteiger partial charge in [-0.05, 0) is 50.6 Å². The van der Waals surface area contributed by atoms with Gasteiger partial charge in [0.2, 0.25) is 0 Å². The number of nitrogens with one attached hydrogen (secondary N) is 1. The van der Waals surface area contributed by atoms with Crippen molar-refractivity contribution < 1.29 is 12.8 Å². The van der Waals surface area contributed by atoms with Crippen LogP contribution in [0.5, 0.6) is 0 Å². The molecule has 0 radical (unpaired) electrons. The summed E-state index contributed by atoms with van der Waals surface area (Å²) < 4.78 is 36.7. The Labute approximate surface area is 108 Å². The highest BCUT2D eigenvalue weighted by Gasteiger charge is 2.15. The lowest BCUT2D eigenvalue weighted by Crippen LogP contribution is -2.28. The Kier molecular flexibility index (Phi) is 5.75. The zero-order chi connectivity index (χ0) is 13.6. The van der Waals surface area contributed by atoms with Crippen LogP contribution < -0.4 is 5.32 Å². The highest BCUT2D eigenvalue weighted by atomic mass is 32.2. The topological polar surface area (TPSA) is 46.2 Å². The fourth-order valence-electron chi connectivity index (χ4n) is 1.58. The monoisotopic (exact) mass is 273 g/mol. The van der Waals surface area contributed by atoms with Crippen LogP contribution in [0.1, 0.15) is 26.7 Å². The number of benzene rings is 1. The summed E-state index contributed by atoms with van der Waals surface area (Å²) in [6.45, 7) is 4.92. The van der Waals surface area contributed by atoms with Crippen LogP contribution in [-0.4, -0.2) is 26.8 Å². The van der Waals surface area contributed by atoms with Crippen molar-refractivity contribution in [2.24, 2.45) is 0 Å². The molecular formula is C13H20FNO2S. The van der Waals surface area contributed by atoms with Crippen LogP contribution in [0.3, 0.4) is 0 Å². The van der Waals surface area contributed by atoms with Crippen LogP contribution in [0.25, 0.3) is 0 Å². The van der Waals surface area contributed by atoms with Crippen molar-refractivity contribution in [3.8, 4) is 0 Å². The molecule has 0 saturated heterocycles. The van der Waals surface area contributed by atoms with Crippen molar-refractivity contribution in [1.29, 1.82) is 0 Å². The van der Waals surface area contributed by atoms with E-state index in [2.05, 4.69) is 12.2 Å². The van der Waals surface area contributed by atoms with Crippen LogP contribution in [0.15, 0.2) is 29.2 Å². The van der Waals surface area contributed by atoms with Gasteiger partial charge in [0, 0.05) is 6.04 Å². The van der Waals surface area contributed by atoms with Crippen molar-refractivity contribution in [2.75, 3.05) is 12.3 Å². The molecule has 3 nitrogen and oxygen atoms in total. The number of hydrogen-bond donors (Lipinski definition) is 1. The predicted molar refractivity (Wildman–Crippen MR) is 70.8 cm³/mol. The number of hydrogen-bond acceptors (Lipinski definition) is 3. The van der Waals surface area contributed by atoms with Crippen molar-refractivity contribution in [1.82, 2.24) is 5.32 Å². The first-order chi connectivity index (χ1) is 8.45. The predicted octanol–water partition coefficient (Wildman–Crippen LogP) is 2.38. The summed E-state index contributed by atoms with van der Waals surface area (Å²) in [5.74, 6) is -0.344.